The molecule has 0 radical (unpaired) electrons. The molecule has 0 aromatic rings. The number of amides is 1. The third kappa shape index (κ3) is 5.59. The van der Waals surface area contributed by atoms with Crippen molar-refractivity contribution >= 4 is 5.91 Å². The van der Waals surface area contributed by atoms with Crippen LogP contribution in [0.3, 0.4) is 0 Å². The maximum absolute atomic E-state index is 11.6. The molecular weight excluding hydrogens is 262 g/mol. The molecule has 4 heteroatoms. The average Bonchev–Trinajstić information content (AvgIpc) is 2.49. The first-order chi connectivity index (χ1) is 10.2. The van der Waals surface area contributed by atoms with Crippen molar-refractivity contribution in [2.24, 2.45) is 17.6 Å². The first kappa shape index (κ1) is 16.8. The summed E-state index contributed by atoms with van der Waals surface area (Å²) in [4.78, 5) is 14.3. The maximum atomic E-state index is 11.6. The van der Waals surface area contributed by atoms with Gasteiger partial charge in [0.25, 0.3) is 0 Å². The van der Waals surface area contributed by atoms with Gasteiger partial charge < -0.3 is 11.1 Å². The molecule has 1 heterocycles. The van der Waals surface area contributed by atoms with Crippen LogP contribution >= 0.6 is 0 Å². The Hall–Kier alpha value is -0.610. The predicted octanol–water partition coefficient (Wildman–Crippen LogP) is 2.13. The van der Waals surface area contributed by atoms with Gasteiger partial charge in [0.05, 0.1) is 0 Å². The van der Waals surface area contributed by atoms with Gasteiger partial charge in [0.1, 0.15) is 0 Å². The molecule has 1 unspecified atom stereocenters. The summed E-state index contributed by atoms with van der Waals surface area (Å²) in [6.45, 7) is 6.09. The van der Waals surface area contributed by atoms with E-state index in [4.69, 9.17) is 5.73 Å². The Kier molecular flexibility index (Phi) is 6.97. The first-order valence-electron chi connectivity index (χ1n) is 8.90. The first-order valence-corrected chi connectivity index (χ1v) is 8.90. The molecular formula is C17H33N3O. The molecule has 1 saturated heterocycles. The van der Waals surface area contributed by atoms with E-state index in [9.17, 15) is 4.79 Å². The number of rotatable bonds is 6. The van der Waals surface area contributed by atoms with Crippen LogP contribution in [0.5, 0.6) is 0 Å². The Bertz CT molecular complexity index is 313. The summed E-state index contributed by atoms with van der Waals surface area (Å²) in [5.74, 6) is 1.91. The Morgan fingerprint density at radius 1 is 1.19 bits per heavy atom. The smallest absolute Gasteiger partial charge is 0.221 e. The largest absolute Gasteiger partial charge is 0.354 e. The molecule has 0 aromatic carbocycles. The molecule has 0 aromatic heterocycles. The number of piperidine rings is 1. The lowest BCUT2D eigenvalue weighted by molar-refractivity contribution is -0.121. The molecule has 2 rings (SSSR count). The second-order valence-electron chi connectivity index (χ2n) is 7.11. The molecule has 2 fully saturated rings. The number of nitrogens with one attached hydrogen (secondary N) is 1. The second-order valence-corrected chi connectivity index (χ2v) is 7.11. The summed E-state index contributed by atoms with van der Waals surface area (Å²) in [5.41, 5.74) is 5.43. The van der Waals surface area contributed by atoms with Gasteiger partial charge in [-0.15, -0.1) is 0 Å². The van der Waals surface area contributed by atoms with Gasteiger partial charge in [-0.25, -0.2) is 0 Å². The SMILES string of the molecule is CC1CCC(CN2CCCCC2CNC(=O)CCN)CC1. The van der Waals surface area contributed by atoms with Crippen LogP contribution in [0.15, 0.2) is 0 Å². The summed E-state index contributed by atoms with van der Waals surface area (Å²) >= 11 is 0. The van der Waals surface area contributed by atoms with Gasteiger partial charge in [0.15, 0.2) is 0 Å². The quantitative estimate of drug-likeness (QED) is 0.789. The van der Waals surface area contributed by atoms with Crippen LogP contribution in [-0.2, 0) is 4.79 Å². The normalized spacial score (nSPS) is 31.0. The van der Waals surface area contributed by atoms with Crippen molar-refractivity contribution in [1.29, 1.82) is 0 Å². The number of carbonyl (C=O) groups is 1. The molecule has 21 heavy (non-hydrogen) atoms. The molecule has 1 saturated carbocycles. The lowest BCUT2D eigenvalue weighted by Crippen LogP contribution is -2.48. The van der Waals surface area contributed by atoms with E-state index in [1.807, 2.05) is 0 Å². The molecule has 0 bridgehead atoms. The minimum Gasteiger partial charge on any atom is -0.354 e. The highest BCUT2D eigenvalue weighted by molar-refractivity contribution is 5.76. The Morgan fingerprint density at radius 3 is 2.67 bits per heavy atom. The van der Waals surface area contributed by atoms with Gasteiger partial charge in [-0.05, 0) is 44.1 Å². The van der Waals surface area contributed by atoms with Crippen molar-refractivity contribution < 1.29 is 4.79 Å². The van der Waals surface area contributed by atoms with Crippen molar-refractivity contribution in [3.05, 3.63) is 0 Å². The van der Waals surface area contributed by atoms with E-state index < -0.39 is 0 Å². The van der Waals surface area contributed by atoms with E-state index in [1.54, 1.807) is 0 Å². The van der Waals surface area contributed by atoms with E-state index in [0.717, 1.165) is 18.4 Å². The zero-order valence-corrected chi connectivity index (χ0v) is 13.7. The molecule has 4 nitrogen and oxygen atoms in total. The van der Waals surface area contributed by atoms with Crippen LogP contribution < -0.4 is 11.1 Å². The fraction of sp³-hybridized carbons (Fsp3) is 0.941. The lowest BCUT2D eigenvalue weighted by atomic mass is 9.82. The molecule has 3 N–H and O–H groups in total. The maximum Gasteiger partial charge on any atom is 0.221 e. The minimum absolute atomic E-state index is 0.106. The summed E-state index contributed by atoms with van der Waals surface area (Å²) in [5, 5.41) is 3.07. The third-order valence-electron chi connectivity index (χ3n) is 5.28. The van der Waals surface area contributed by atoms with Crippen LogP contribution in [0.1, 0.15) is 58.3 Å². The monoisotopic (exact) mass is 295 g/mol. The van der Waals surface area contributed by atoms with E-state index in [1.165, 1.54) is 58.0 Å². The predicted molar refractivity (Wildman–Crippen MR) is 87.0 cm³/mol. The summed E-state index contributed by atoms with van der Waals surface area (Å²) in [6.07, 6.45) is 9.88. The third-order valence-corrected chi connectivity index (χ3v) is 5.28. The molecule has 1 atom stereocenters. The van der Waals surface area contributed by atoms with Crippen molar-refractivity contribution in [3.8, 4) is 0 Å². The Morgan fingerprint density at radius 2 is 1.95 bits per heavy atom. The standard InChI is InChI=1S/C17H33N3O/c1-14-5-7-15(8-6-14)13-20-11-3-2-4-16(20)12-19-17(21)9-10-18/h14-16H,2-13,18H2,1H3,(H,19,21). The number of likely N-dealkylation sites (tertiary alicyclic amines) is 1. The zero-order valence-electron chi connectivity index (χ0n) is 13.7. The highest BCUT2D eigenvalue weighted by Gasteiger charge is 2.27. The van der Waals surface area contributed by atoms with Gasteiger partial charge in [-0.2, -0.15) is 0 Å². The number of hydrogen-bond donors (Lipinski definition) is 2. The van der Waals surface area contributed by atoms with Gasteiger partial charge in [-0.3, -0.25) is 9.69 Å². The number of carbonyl (C=O) groups excluding carboxylic acids is 1. The van der Waals surface area contributed by atoms with Crippen molar-refractivity contribution in [3.63, 3.8) is 0 Å². The fourth-order valence-corrected chi connectivity index (χ4v) is 3.83. The molecule has 122 valence electrons. The molecule has 2 aliphatic rings. The highest BCUT2D eigenvalue weighted by Crippen LogP contribution is 2.30. The van der Waals surface area contributed by atoms with E-state index in [0.29, 0.717) is 19.0 Å². The van der Waals surface area contributed by atoms with Crippen LogP contribution in [0.2, 0.25) is 0 Å². The van der Waals surface area contributed by atoms with Crippen LogP contribution in [-0.4, -0.2) is 43.0 Å². The van der Waals surface area contributed by atoms with Crippen LogP contribution in [0.4, 0.5) is 0 Å². The van der Waals surface area contributed by atoms with E-state index >= 15 is 0 Å². The van der Waals surface area contributed by atoms with Crippen LogP contribution in [0.25, 0.3) is 0 Å². The number of nitrogens with two attached hydrogens (primary N) is 1. The molecule has 1 aliphatic carbocycles. The summed E-state index contributed by atoms with van der Waals surface area (Å²) < 4.78 is 0. The minimum atomic E-state index is 0.106. The van der Waals surface area contributed by atoms with Gasteiger partial charge in [0.2, 0.25) is 5.91 Å². The van der Waals surface area contributed by atoms with Gasteiger partial charge in [-0.1, -0.05) is 26.2 Å². The summed E-state index contributed by atoms with van der Waals surface area (Å²) in [6, 6.07) is 0.542. The lowest BCUT2D eigenvalue weighted by Gasteiger charge is -2.39. The number of hydrogen-bond acceptors (Lipinski definition) is 3. The summed E-state index contributed by atoms with van der Waals surface area (Å²) in [7, 11) is 0. The topological polar surface area (TPSA) is 58.4 Å². The number of nitrogens with zero attached hydrogens (tertiary/aromatic N) is 1. The Labute approximate surface area is 129 Å². The highest BCUT2D eigenvalue weighted by atomic mass is 16.1. The van der Waals surface area contributed by atoms with Crippen molar-refractivity contribution in [1.82, 2.24) is 10.2 Å². The molecule has 0 spiro atoms. The Balaban J connectivity index is 1.77. The van der Waals surface area contributed by atoms with Crippen molar-refractivity contribution in [2.75, 3.05) is 26.2 Å². The van der Waals surface area contributed by atoms with E-state index in [-0.39, 0.29) is 5.91 Å². The molecule has 1 amide bonds. The van der Waals surface area contributed by atoms with Crippen LogP contribution in [0, 0.1) is 11.8 Å². The zero-order chi connectivity index (χ0) is 15.1. The fourth-order valence-electron chi connectivity index (χ4n) is 3.83. The second kappa shape index (κ2) is 8.74. The van der Waals surface area contributed by atoms with Crippen molar-refractivity contribution in [2.45, 2.75) is 64.3 Å². The van der Waals surface area contributed by atoms with Gasteiger partial charge in [0, 0.05) is 32.1 Å². The van der Waals surface area contributed by atoms with Gasteiger partial charge >= 0.3 is 0 Å². The van der Waals surface area contributed by atoms with E-state index in [2.05, 4.69) is 17.1 Å². The molecule has 1 aliphatic heterocycles. The average molecular weight is 295 g/mol.